The number of H-pyrrole nitrogens is 1. The van der Waals surface area contributed by atoms with Gasteiger partial charge in [-0.25, -0.2) is 5.43 Å². The molecule has 1 aromatic heterocycles. The quantitative estimate of drug-likeness (QED) is 0.796. The van der Waals surface area contributed by atoms with Gasteiger partial charge in [0.2, 0.25) is 0 Å². The van der Waals surface area contributed by atoms with Crippen molar-refractivity contribution in [3.8, 4) is 0 Å². The van der Waals surface area contributed by atoms with E-state index >= 15 is 0 Å². The number of rotatable bonds is 3. The van der Waals surface area contributed by atoms with Gasteiger partial charge in [0.1, 0.15) is 5.69 Å². The van der Waals surface area contributed by atoms with E-state index in [1.807, 2.05) is 32.1 Å². The number of amides is 1. The minimum absolute atomic E-state index is 0.0948. The number of aromatic nitrogens is 1. The molecule has 2 atom stereocenters. The van der Waals surface area contributed by atoms with E-state index in [0.717, 1.165) is 17.7 Å². The van der Waals surface area contributed by atoms with Crippen LogP contribution in [0.3, 0.4) is 0 Å². The van der Waals surface area contributed by atoms with Crippen LogP contribution < -0.4 is 10.7 Å². The Kier molecular flexibility index (Phi) is 4.24. The predicted octanol–water partition coefficient (Wildman–Crippen LogP) is 3.03. The molecule has 0 saturated heterocycles. The predicted molar refractivity (Wildman–Crippen MR) is 88.7 cm³/mol. The van der Waals surface area contributed by atoms with E-state index in [4.69, 9.17) is 0 Å². The molecule has 0 saturated carbocycles. The fourth-order valence-electron chi connectivity index (χ4n) is 3.03. The minimum atomic E-state index is -4.41. The summed E-state index contributed by atoms with van der Waals surface area (Å²) >= 11 is 0. The monoisotopic (exact) mass is 352 g/mol. The van der Waals surface area contributed by atoms with Gasteiger partial charge >= 0.3 is 6.18 Å². The van der Waals surface area contributed by atoms with E-state index in [0.29, 0.717) is 10.9 Å². The lowest BCUT2D eigenvalue weighted by molar-refractivity contribution is -0.137. The van der Waals surface area contributed by atoms with Crippen LogP contribution in [0.25, 0.3) is 10.9 Å². The molecule has 25 heavy (non-hydrogen) atoms. The standard InChI is InChI=1S/C17H19F3N4O/c1-9(13-8-24(3)23-10(13)2)21-16(25)15-7-11-6-12(17(18,19)20)4-5-14(11)22-15/h4-10,22-23H,1-3H3,(H,21,25). The Morgan fingerprint density at radius 3 is 2.64 bits per heavy atom. The Morgan fingerprint density at radius 2 is 2.04 bits per heavy atom. The molecular weight excluding hydrogens is 333 g/mol. The number of aromatic amines is 1. The lowest BCUT2D eigenvalue weighted by atomic mass is 10.0. The topological polar surface area (TPSA) is 60.2 Å². The molecule has 3 N–H and O–H groups in total. The zero-order chi connectivity index (χ0) is 18.4. The number of fused-ring (bicyclic) bond motifs is 1. The van der Waals surface area contributed by atoms with Gasteiger partial charge in [-0.1, -0.05) is 0 Å². The van der Waals surface area contributed by atoms with E-state index < -0.39 is 11.7 Å². The highest BCUT2D eigenvalue weighted by atomic mass is 19.4. The van der Waals surface area contributed by atoms with Gasteiger partial charge in [-0.2, -0.15) is 13.2 Å². The van der Waals surface area contributed by atoms with Crippen LogP contribution in [0.4, 0.5) is 13.2 Å². The number of carbonyl (C=O) groups is 1. The molecule has 8 heteroatoms. The van der Waals surface area contributed by atoms with Crippen molar-refractivity contribution >= 4 is 16.8 Å². The van der Waals surface area contributed by atoms with Gasteiger partial charge in [0.05, 0.1) is 11.6 Å². The molecule has 2 unspecified atom stereocenters. The zero-order valence-corrected chi connectivity index (χ0v) is 14.0. The van der Waals surface area contributed by atoms with Crippen molar-refractivity contribution in [2.75, 3.05) is 7.05 Å². The normalized spacial score (nSPS) is 19.2. The molecule has 0 aliphatic carbocycles. The minimum Gasteiger partial charge on any atom is -0.351 e. The van der Waals surface area contributed by atoms with Gasteiger partial charge in [0.15, 0.2) is 0 Å². The lowest BCUT2D eigenvalue weighted by Gasteiger charge is -2.18. The Labute approximate surface area is 142 Å². The van der Waals surface area contributed by atoms with E-state index in [-0.39, 0.29) is 23.7 Å². The summed E-state index contributed by atoms with van der Waals surface area (Å²) in [6.07, 6.45) is -2.50. The van der Waals surface area contributed by atoms with Crippen LogP contribution in [0.1, 0.15) is 29.9 Å². The SMILES string of the molecule is CC(NC(=O)c1cc2cc(C(F)(F)F)ccc2[nH]1)C1=CN(C)NC1C. The molecule has 1 aliphatic rings. The third kappa shape index (κ3) is 3.48. The first kappa shape index (κ1) is 17.3. The molecule has 1 aromatic carbocycles. The van der Waals surface area contributed by atoms with Crippen LogP contribution in [-0.4, -0.2) is 35.0 Å². The third-order valence-electron chi connectivity index (χ3n) is 4.28. The molecule has 2 aromatic rings. The van der Waals surface area contributed by atoms with Crippen LogP contribution >= 0.6 is 0 Å². The van der Waals surface area contributed by atoms with Crippen molar-refractivity contribution in [2.45, 2.75) is 32.1 Å². The van der Waals surface area contributed by atoms with Gasteiger partial charge in [-0.05, 0) is 43.7 Å². The first-order valence-electron chi connectivity index (χ1n) is 7.86. The molecule has 5 nitrogen and oxygen atoms in total. The van der Waals surface area contributed by atoms with Gasteiger partial charge < -0.3 is 15.3 Å². The second-order valence-corrected chi connectivity index (χ2v) is 6.27. The summed E-state index contributed by atoms with van der Waals surface area (Å²) in [6.45, 7) is 3.85. The maximum absolute atomic E-state index is 12.8. The van der Waals surface area contributed by atoms with E-state index in [1.54, 1.807) is 0 Å². The maximum Gasteiger partial charge on any atom is 0.416 e. The van der Waals surface area contributed by atoms with E-state index in [9.17, 15) is 18.0 Å². The number of carbonyl (C=O) groups excluding carboxylic acids is 1. The van der Waals surface area contributed by atoms with E-state index in [2.05, 4.69) is 15.7 Å². The number of hydrogen-bond acceptors (Lipinski definition) is 3. The lowest BCUT2D eigenvalue weighted by Crippen LogP contribution is -2.39. The molecule has 0 fully saturated rings. The molecule has 1 aliphatic heterocycles. The largest absolute Gasteiger partial charge is 0.416 e. The Bertz CT molecular complexity index is 840. The average Bonchev–Trinajstić information content (AvgIpc) is 3.08. The van der Waals surface area contributed by atoms with Gasteiger partial charge in [-0.3, -0.25) is 4.79 Å². The molecule has 3 rings (SSSR count). The van der Waals surface area contributed by atoms with Gasteiger partial charge in [0, 0.05) is 30.2 Å². The summed E-state index contributed by atoms with van der Waals surface area (Å²) in [6, 6.07) is 4.68. The number of hydrogen-bond donors (Lipinski definition) is 3. The molecule has 2 heterocycles. The first-order chi connectivity index (χ1) is 11.6. The number of alkyl halides is 3. The first-order valence-corrected chi connectivity index (χ1v) is 7.86. The van der Waals surface area contributed by atoms with Gasteiger partial charge in [-0.15, -0.1) is 0 Å². The summed E-state index contributed by atoms with van der Waals surface area (Å²) in [4.78, 5) is 15.3. The second-order valence-electron chi connectivity index (χ2n) is 6.27. The molecule has 0 bridgehead atoms. The van der Waals surface area contributed by atoms with E-state index in [1.165, 1.54) is 12.1 Å². The highest BCUT2D eigenvalue weighted by Crippen LogP contribution is 2.31. The van der Waals surface area contributed by atoms with Crippen molar-refractivity contribution in [1.82, 2.24) is 20.7 Å². The molecule has 0 spiro atoms. The number of nitrogens with zero attached hydrogens (tertiary/aromatic N) is 1. The summed E-state index contributed by atoms with van der Waals surface area (Å²) in [7, 11) is 1.87. The average molecular weight is 352 g/mol. The van der Waals surface area contributed by atoms with Crippen LogP contribution in [0, 0.1) is 0 Å². The highest BCUT2D eigenvalue weighted by Gasteiger charge is 2.30. The Morgan fingerprint density at radius 1 is 1.32 bits per heavy atom. The number of benzene rings is 1. The van der Waals surface area contributed by atoms with Crippen LogP contribution in [0.2, 0.25) is 0 Å². The third-order valence-corrected chi connectivity index (χ3v) is 4.28. The fraction of sp³-hybridized carbons (Fsp3) is 0.353. The van der Waals surface area contributed by atoms with Crippen LogP contribution in [0.15, 0.2) is 36.0 Å². The van der Waals surface area contributed by atoms with Crippen molar-refractivity contribution in [2.24, 2.45) is 0 Å². The Balaban J connectivity index is 1.79. The second kappa shape index (κ2) is 6.11. The summed E-state index contributed by atoms with van der Waals surface area (Å²) in [5, 5.41) is 5.04. The zero-order valence-electron chi connectivity index (χ0n) is 14.0. The molecule has 1 amide bonds. The summed E-state index contributed by atoms with van der Waals surface area (Å²) in [5.41, 5.74) is 4.18. The number of hydrazine groups is 1. The number of halogens is 3. The van der Waals surface area contributed by atoms with Crippen molar-refractivity contribution in [3.63, 3.8) is 0 Å². The fourth-order valence-corrected chi connectivity index (χ4v) is 3.03. The maximum atomic E-state index is 12.8. The highest BCUT2D eigenvalue weighted by molar-refractivity contribution is 5.98. The van der Waals surface area contributed by atoms with Gasteiger partial charge in [0.25, 0.3) is 5.91 Å². The Hall–Kier alpha value is -2.48. The van der Waals surface area contributed by atoms with Crippen LogP contribution in [-0.2, 0) is 6.18 Å². The number of nitrogens with one attached hydrogen (secondary N) is 3. The molecule has 134 valence electrons. The van der Waals surface area contributed by atoms with Crippen LogP contribution in [0.5, 0.6) is 0 Å². The smallest absolute Gasteiger partial charge is 0.351 e. The van der Waals surface area contributed by atoms with Crippen molar-refractivity contribution < 1.29 is 18.0 Å². The van der Waals surface area contributed by atoms with Crippen molar-refractivity contribution in [1.29, 1.82) is 0 Å². The summed E-state index contributed by atoms with van der Waals surface area (Å²) in [5.74, 6) is -0.361. The van der Waals surface area contributed by atoms with Crippen molar-refractivity contribution in [3.05, 3.63) is 47.3 Å². The molecular formula is C17H19F3N4O. The summed E-state index contributed by atoms with van der Waals surface area (Å²) < 4.78 is 38.4. The molecule has 0 radical (unpaired) electrons.